The molecule has 0 N–H and O–H groups in total. The molecule has 36 heavy (non-hydrogen) atoms. The van der Waals surface area contributed by atoms with Crippen molar-refractivity contribution >= 4 is 16.8 Å². The van der Waals surface area contributed by atoms with Gasteiger partial charge in [0, 0.05) is 30.9 Å². The van der Waals surface area contributed by atoms with E-state index in [0.29, 0.717) is 23.3 Å². The fraction of sp³-hybridized carbons (Fsp3) is 0.172. The third kappa shape index (κ3) is 4.31. The van der Waals surface area contributed by atoms with E-state index in [1.807, 2.05) is 83.7 Å². The molecule has 0 aliphatic carbocycles. The van der Waals surface area contributed by atoms with E-state index in [0.717, 1.165) is 22.5 Å². The third-order valence-corrected chi connectivity index (χ3v) is 6.37. The Morgan fingerprint density at radius 2 is 1.58 bits per heavy atom. The van der Waals surface area contributed by atoms with E-state index in [1.54, 1.807) is 37.9 Å². The van der Waals surface area contributed by atoms with E-state index >= 15 is 0 Å². The van der Waals surface area contributed by atoms with E-state index in [-0.39, 0.29) is 11.5 Å². The molecular weight excluding hydrogens is 450 g/mol. The van der Waals surface area contributed by atoms with Crippen LogP contribution >= 0.6 is 0 Å². The summed E-state index contributed by atoms with van der Waals surface area (Å²) < 4.78 is 3.31. The smallest absolute Gasteiger partial charge is 0.262 e. The Bertz CT molecular complexity index is 1590. The largest absolute Gasteiger partial charge is 0.339 e. The molecule has 0 saturated carbocycles. The first-order chi connectivity index (χ1) is 17.4. The fourth-order valence-electron chi connectivity index (χ4n) is 4.55. The molecule has 0 saturated heterocycles. The number of rotatable bonds is 6. The zero-order valence-corrected chi connectivity index (χ0v) is 20.5. The summed E-state index contributed by atoms with van der Waals surface area (Å²) in [5.41, 5.74) is 4.05. The van der Waals surface area contributed by atoms with Gasteiger partial charge in [0.2, 0.25) is 5.91 Å². The summed E-state index contributed by atoms with van der Waals surface area (Å²) in [7, 11) is 1.75. The minimum Gasteiger partial charge on any atom is -0.339 e. The average Bonchev–Trinajstić information content (AvgIpc) is 3.33. The van der Waals surface area contributed by atoms with Gasteiger partial charge < -0.3 is 4.90 Å². The van der Waals surface area contributed by atoms with Crippen LogP contribution in [-0.2, 0) is 11.3 Å². The maximum Gasteiger partial charge on any atom is 0.262 e. The monoisotopic (exact) mass is 477 g/mol. The van der Waals surface area contributed by atoms with Crippen molar-refractivity contribution in [2.75, 3.05) is 7.05 Å². The van der Waals surface area contributed by atoms with Crippen molar-refractivity contribution in [2.24, 2.45) is 0 Å². The Hall–Kier alpha value is -4.52. The number of carbonyl (C=O) groups is 1. The van der Waals surface area contributed by atoms with E-state index in [2.05, 4.69) is 4.98 Å². The predicted molar refractivity (Wildman–Crippen MR) is 141 cm³/mol. The van der Waals surface area contributed by atoms with Crippen LogP contribution in [0.15, 0.2) is 95.9 Å². The fourth-order valence-corrected chi connectivity index (χ4v) is 4.55. The van der Waals surface area contributed by atoms with Gasteiger partial charge in [0.15, 0.2) is 0 Å². The van der Waals surface area contributed by atoms with Gasteiger partial charge in [-0.1, -0.05) is 60.7 Å². The van der Waals surface area contributed by atoms with Crippen molar-refractivity contribution in [2.45, 2.75) is 26.4 Å². The third-order valence-electron chi connectivity index (χ3n) is 6.37. The van der Waals surface area contributed by atoms with Crippen molar-refractivity contribution in [3.63, 3.8) is 0 Å². The van der Waals surface area contributed by atoms with E-state index in [4.69, 9.17) is 5.10 Å². The highest BCUT2D eigenvalue weighted by Crippen LogP contribution is 2.25. The highest BCUT2D eigenvalue weighted by molar-refractivity contribution is 5.82. The Morgan fingerprint density at radius 3 is 2.31 bits per heavy atom. The number of amides is 1. The molecule has 3 aromatic carbocycles. The van der Waals surface area contributed by atoms with Gasteiger partial charge in [-0.05, 0) is 38.1 Å². The van der Waals surface area contributed by atoms with Crippen LogP contribution in [0.3, 0.4) is 0 Å². The number of aromatic nitrogens is 4. The number of hydrogen-bond donors (Lipinski definition) is 0. The zero-order chi connectivity index (χ0) is 25.2. The first kappa shape index (κ1) is 23.2. The van der Waals surface area contributed by atoms with Crippen LogP contribution in [0.2, 0.25) is 0 Å². The van der Waals surface area contributed by atoms with Gasteiger partial charge >= 0.3 is 0 Å². The Labute approximate surface area is 209 Å². The lowest BCUT2D eigenvalue weighted by Gasteiger charge is -2.24. The van der Waals surface area contributed by atoms with Crippen molar-refractivity contribution in [3.8, 4) is 16.9 Å². The maximum absolute atomic E-state index is 13.5. The lowest BCUT2D eigenvalue weighted by Crippen LogP contribution is -2.38. The molecule has 180 valence electrons. The molecule has 0 aliphatic rings. The van der Waals surface area contributed by atoms with Crippen LogP contribution < -0.4 is 5.56 Å². The van der Waals surface area contributed by atoms with Gasteiger partial charge in [-0.2, -0.15) is 5.10 Å². The summed E-state index contributed by atoms with van der Waals surface area (Å²) in [5.74, 6) is 0.332. The molecule has 0 aliphatic heterocycles. The summed E-state index contributed by atoms with van der Waals surface area (Å²) in [6.07, 6.45) is 1.96. The van der Waals surface area contributed by atoms with Gasteiger partial charge in [0.25, 0.3) is 5.56 Å². The second-order valence-electron chi connectivity index (χ2n) is 8.87. The zero-order valence-electron chi connectivity index (χ0n) is 20.5. The van der Waals surface area contributed by atoms with Gasteiger partial charge in [0.1, 0.15) is 11.9 Å². The Balaban J connectivity index is 1.48. The number of fused-ring (bicyclic) bond motifs is 1. The van der Waals surface area contributed by atoms with Gasteiger partial charge in [-0.15, -0.1) is 0 Å². The standard InChI is InChI=1S/C29H27N5O2/c1-20(34-21(2)30-26-17-11-10-16-25(26)29(34)36)28(35)32(3)18-23-19-33(24-14-8-5-9-15-24)31-27(23)22-12-6-4-7-13-22/h4-17,19-20H,18H2,1-3H3. The average molecular weight is 478 g/mol. The normalized spacial score (nSPS) is 12.0. The number of aryl methyl sites for hydroxylation is 1. The minimum atomic E-state index is -0.705. The summed E-state index contributed by atoms with van der Waals surface area (Å²) in [6.45, 7) is 3.85. The first-order valence-electron chi connectivity index (χ1n) is 11.9. The summed E-state index contributed by atoms with van der Waals surface area (Å²) in [4.78, 5) is 32.9. The second kappa shape index (κ2) is 9.62. The van der Waals surface area contributed by atoms with Gasteiger partial charge in [-0.25, -0.2) is 9.67 Å². The van der Waals surface area contributed by atoms with Crippen LogP contribution in [0, 0.1) is 6.92 Å². The number of benzene rings is 3. The molecule has 0 radical (unpaired) electrons. The summed E-state index contributed by atoms with van der Waals surface area (Å²) in [5, 5.41) is 5.34. The molecule has 1 unspecified atom stereocenters. The maximum atomic E-state index is 13.5. The number of carbonyl (C=O) groups excluding carboxylic acids is 1. The lowest BCUT2D eigenvalue weighted by molar-refractivity contribution is -0.133. The molecule has 0 fully saturated rings. The SMILES string of the molecule is Cc1nc2ccccc2c(=O)n1C(C)C(=O)N(C)Cc1cn(-c2ccccc2)nc1-c1ccccc1. The predicted octanol–water partition coefficient (Wildman–Crippen LogP) is 4.78. The second-order valence-corrected chi connectivity index (χ2v) is 8.87. The molecule has 5 rings (SSSR count). The number of hydrogen-bond acceptors (Lipinski definition) is 4. The molecule has 5 aromatic rings. The Kier molecular flexibility index (Phi) is 6.21. The van der Waals surface area contributed by atoms with Crippen molar-refractivity contribution in [3.05, 3.63) is 113 Å². The van der Waals surface area contributed by atoms with E-state index < -0.39 is 6.04 Å². The van der Waals surface area contributed by atoms with E-state index in [1.165, 1.54) is 4.57 Å². The molecular formula is C29H27N5O2. The summed E-state index contributed by atoms with van der Waals surface area (Å²) in [6, 6.07) is 26.3. The molecule has 7 nitrogen and oxygen atoms in total. The lowest BCUT2D eigenvalue weighted by atomic mass is 10.1. The van der Waals surface area contributed by atoms with E-state index in [9.17, 15) is 9.59 Å². The van der Waals surface area contributed by atoms with Crippen molar-refractivity contribution in [1.29, 1.82) is 0 Å². The highest BCUT2D eigenvalue weighted by Gasteiger charge is 2.24. The topological polar surface area (TPSA) is 73.0 Å². The summed E-state index contributed by atoms with van der Waals surface area (Å²) >= 11 is 0. The van der Waals surface area contributed by atoms with Crippen LogP contribution in [0.4, 0.5) is 0 Å². The van der Waals surface area contributed by atoms with Crippen LogP contribution in [0.1, 0.15) is 24.4 Å². The number of nitrogens with zero attached hydrogens (tertiary/aromatic N) is 5. The van der Waals surface area contributed by atoms with Crippen LogP contribution in [0.5, 0.6) is 0 Å². The molecule has 2 aromatic heterocycles. The van der Waals surface area contributed by atoms with Gasteiger partial charge in [-0.3, -0.25) is 14.2 Å². The van der Waals surface area contributed by atoms with Crippen molar-refractivity contribution < 1.29 is 4.79 Å². The number of para-hydroxylation sites is 2. The minimum absolute atomic E-state index is 0.177. The molecule has 7 heteroatoms. The molecule has 1 atom stereocenters. The van der Waals surface area contributed by atoms with Crippen LogP contribution in [0.25, 0.3) is 27.8 Å². The van der Waals surface area contributed by atoms with Gasteiger partial charge in [0.05, 0.1) is 22.3 Å². The molecule has 1 amide bonds. The molecule has 2 heterocycles. The highest BCUT2D eigenvalue weighted by atomic mass is 16.2. The number of likely N-dealkylation sites (N-methyl/N-ethyl adjacent to an activating group) is 1. The molecule has 0 spiro atoms. The molecule has 0 bridgehead atoms. The van der Waals surface area contributed by atoms with Crippen LogP contribution in [-0.4, -0.2) is 37.2 Å². The van der Waals surface area contributed by atoms with Crippen molar-refractivity contribution in [1.82, 2.24) is 24.2 Å². The quantitative estimate of drug-likeness (QED) is 0.353. The first-order valence-corrected chi connectivity index (χ1v) is 11.9. The Morgan fingerprint density at radius 1 is 0.944 bits per heavy atom.